The second kappa shape index (κ2) is 13.5. The van der Waals surface area contributed by atoms with E-state index in [1.54, 1.807) is 6.07 Å². The third-order valence-corrected chi connectivity index (χ3v) is 5.94. The molecule has 6 heteroatoms. The molecule has 1 aliphatic carbocycles. The van der Waals surface area contributed by atoms with Gasteiger partial charge in [0, 0.05) is 6.42 Å². The molecule has 0 radical (unpaired) electrons. The molecule has 2 atom stereocenters. The summed E-state index contributed by atoms with van der Waals surface area (Å²) in [5.74, 6) is 1.58. The lowest BCUT2D eigenvalue weighted by Gasteiger charge is -2.18. The quantitative estimate of drug-likeness (QED) is 0.174. The highest BCUT2D eigenvalue weighted by molar-refractivity contribution is 5.69. The summed E-state index contributed by atoms with van der Waals surface area (Å²) >= 11 is 0. The molecule has 32 heavy (non-hydrogen) atoms. The molecule has 180 valence electrons. The van der Waals surface area contributed by atoms with E-state index in [2.05, 4.69) is 12.2 Å². The third kappa shape index (κ3) is 10.1. The number of benzene rings is 1. The number of carbonyl (C=O) groups is 1. The van der Waals surface area contributed by atoms with E-state index in [1.165, 1.54) is 25.3 Å². The minimum absolute atomic E-state index is 0.0514. The lowest BCUT2D eigenvalue weighted by Crippen LogP contribution is -2.10. The van der Waals surface area contributed by atoms with Gasteiger partial charge in [-0.15, -0.1) is 0 Å². The number of hydrogen-bond donors (Lipinski definition) is 0. The molecule has 0 amide bonds. The zero-order chi connectivity index (χ0) is 23.4. The molecule has 3 nitrogen and oxygen atoms in total. The van der Waals surface area contributed by atoms with Crippen LogP contribution in [0.1, 0.15) is 83.6 Å². The predicted molar refractivity (Wildman–Crippen MR) is 120 cm³/mol. The smallest absolute Gasteiger partial charge is 0.416 e. The minimum Gasteiger partial charge on any atom is -0.494 e. The molecule has 1 unspecified atom stereocenters. The zero-order valence-electron chi connectivity index (χ0n) is 19.3. The minimum atomic E-state index is -4.34. The van der Waals surface area contributed by atoms with Crippen LogP contribution in [0.15, 0.2) is 36.4 Å². The van der Waals surface area contributed by atoms with E-state index in [0.717, 1.165) is 50.7 Å². The summed E-state index contributed by atoms with van der Waals surface area (Å²) in [6.45, 7) is 4.16. The molecule has 0 bridgehead atoms. The van der Waals surface area contributed by atoms with E-state index in [0.29, 0.717) is 24.9 Å². The number of esters is 1. The van der Waals surface area contributed by atoms with E-state index in [1.807, 2.05) is 13.8 Å². The Morgan fingerprint density at radius 3 is 2.66 bits per heavy atom. The Bertz CT molecular complexity index is 713. The maximum absolute atomic E-state index is 12.8. The van der Waals surface area contributed by atoms with E-state index in [9.17, 15) is 18.0 Å². The van der Waals surface area contributed by atoms with Crippen LogP contribution < -0.4 is 4.74 Å². The van der Waals surface area contributed by atoms with Crippen LogP contribution in [0.4, 0.5) is 13.2 Å². The van der Waals surface area contributed by atoms with Crippen LogP contribution in [0.3, 0.4) is 0 Å². The fourth-order valence-electron chi connectivity index (χ4n) is 4.34. The van der Waals surface area contributed by atoms with Gasteiger partial charge < -0.3 is 9.47 Å². The Morgan fingerprint density at radius 2 is 1.91 bits per heavy atom. The van der Waals surface area contributed by atoms with Gasteiger partial charge in [-0.2, -0.15) is 13.2 Å². The Balaban J connectivity index is 1.59. The summed E-state index contributed by atoms with van der Waals surface area (Å²) in [5.41, 5.74) is -0.674. The lowest BCUT2D eigenvalue weighted by molar-refractivity contribution is -0.147. The molecular formula is C26H37F3O3. The van der Waals surface area contributed by atoms with Gasteiger partial charge in [0.05, 0.1) is 18.3 Å². The molecule has 0 aliphatic heterocycles. The van der Waals surface area contributed by atoms with Gasteiger partial charge in [-0.1, -0.05) is 37.5 Å². The standard InChI is InChI=1S/C26H37F3O3/c1-20(2)32-25(30)17-6-4-3-5-11-21-13-9-14-22(21)12-7-8-18-31-24-16-10-15-23(19-24)26(27,28)29/h3,5,10,15-16,19-22H,4,6-9,11-14,17-18H2,1-2H3/b5-3-/t21?,22-/m0/s1. The highest BCUT2D eigenvalue weighted by Crippen LogP contribution is 2.37. The zero-order valence-corrected chi connectivity index (χ0v) is 19.3. The molecule has 0 N–H and O–H groups in total. The number of unbranched alkanes of at least 4 members (excludes halogenated alkanes) is 2. The second-order valence-corrected chi connectivity index (χ2v) is 8.96. The van der Waals surface area contributed by atoms with Crippen molar-refractivity contribution in [1.29, 1.82) is 0 Å². The summed E-state index contributed by atoms with van der Waals surface area (Å²) in [7, 11) is 0. The first-order valence-corrected chi connectivity index (χ1v) is 11.9. The highest BCUT2D eigenvalue weighted by atomic mass is 19.4. The van der Waals surface area contributed by atoms with Crippen LogP contribution in [-0.4, -0.2) is 18.7 Å². The fraction of sp³-hybridized carbons (Fsp3) is 0.654. The van der Waals surface area contributed by atoms with Gasteiger partial charge in [0.25, 0.3) is 0 Å². The number of allylic oxidation sites excluding steroid dienone is 2. The molecule has 1 aliphatic rings. The Labute approximate surface area is 190 Å². The molecule has 0 saturated heterocycles. The first-order valence-electron chi connectivity index (χ1n) is 11.9. The second-order valence-electron chi connectivity index (χ2n) is 8.96. The van der Waals surface area contributed by atoms with E-state index < -0.39 is 11.7 Å². The van der Waals surface area contributed by atoms with E-state index >= 15 is 0 Å². The Hall–Kier alpha value is -1.98. The van der Waals surface area contributed by atoms with E-state index in [-0.39, 0.29) is 17.8 Å². The van der Waals surface area contributed by atoms with Crippen LogP contribution in [0.2, 0.25) is 0 Å². The summed E-state index contributed by atoms with van der Waals surface area (Å²) in [6.07, 6.45) is 10.1. The van der Waals surface area contributed by atoms with Gasteiger partial charge in [-0.3, -0.25) is 4.79 Å². The number of halogens is 3. The van der Waals surface area contributed by atoms with Crippen LogP contribution in [0, 0.1) is 11.8 Å². The summed E-state index contributed by atoms with van der Waals surface area (Å²) in [5, 5.41) is 0. The average molecular weight is 455 g/mol. The highest BCUT2D eigenvalue weighted by Gasteiger charge is 2.30. The first kappa shape index (κ1) is 26.3. The van der Waals surface area contributed by atoms with Crippen molar-refractivity contribution >= 4 is 5.97 Å². The molecule has 1 aromatic rings. The maximum Gasteiger partial charge on any atom is 0.416 e. The van der Waals surface area contributed by atoms with Crippen LogP contribution in [-0.2, 0) is 15.7 Å². The fourth-order valence-corrected chi connectivity index (χ4v) is 4.34. The average Bonchev–Trinajstić information content (AvgIpc) is 3.16. The van der Waals surface area contributed by atoms with Gasteiger partial charge in [0.1, 0.15) is 5.75 Å². The number of alkyl halides is 3. The lowest BCUT2D eigenvalue weighted by atomic mass is 9.88. The van der Waals surface area contributed by atoms with Crippen molar-refractivity contribution < 1.29 is 27.4 Å². The molecule has 1 aromatic carbocycles. The molecule has 0 aromatic heterocycles. The topological polar surface area (TPSA) is 35.5 Å². The van der Waals surface area contributed by atoms with E-state index in [4.69, 9.17) is 9.47 Å². The Kier molecular flexibility index (Phi) is 11.1. The summed E-state index contributed by atoms with van der Waals surface area (Å²) in [6, 6.07) is 5.07. The number of rotatable bonds is 13. The maximum atomic E-state index is 12.8. The van der Waals surface area contributed by atoms with Crippen molar-refractivity contribution in [3.8, 4) is 5.75 Å². The van der Waals surface area contributed by atoms with Crippen molar-refractivity contribution in [2.75, 3.05) is 6.61 Å². The van der Waals surface area contributed by atoms with Crippen molar-refractivity contribution in [1.82, 2.24) is 0 Å². The van der Waals surface area contributed by atoms with Gasteiger partial charge in [0.2, 0.25) is 0 Å². The monoisotopic (exact) mass is 454 g/mol. The predicted octanol–water partition coefficient (Wildman–Crippen LogP) is 7.74. The van der Waals surface area contributed by atoms with Crippen molar-refractivity contribution in [3.63, 3.8) is 0 Å². The van der Waals surface area contributed by atoms with Crippen LogP contribution >= 0.6 is 0 Å². The van der Waals surface area contributed by atoms with Crippen molar-refractivity contribution in [3.05, 3.63) is 42.0 Å². The normalized spacial score (nSPS) is 19.1. The molecule has 0 spiro atoms. The molecular weight excluding hydrogens is 417 g/mol. The summed E-state index contributed by atoms with van der Waals surface area (Å²) in [4.78, 5) is 11.5. The van der Waals surface area contributed by atoms with Gasteiger partial charge in [-0.25, -0.2) is 0 Å². The van der Waals surface area contributed by atoms with Gasteiger partial charge >= 0.3 is 12.1 Å². The largest absolute Gasteiger partial charge is 0.494 e. The SMILES string of the molecule is CC(C)OC(=O)CCC/C=C\CC1CCC[C@@H]1CCCCOc1cccc(C(F)(F)F)c1. The third-order valence-electron chi connectivity index (χ3n) is 5.94. The summed E-state index contributed by atoms with van der Waals surface area (Å²) < 4.78 is 49.0. The molecule has 1 fully saturated rings. The van der Waals surface area contributed by atoms with Crippen molar-refractivity contribution in [2.24, 2.45) is 11.8 Å². The number of carbonyl (C=O) groups excluding carboxylic acids is 1. The molecule has 1 saturated carbocycles. The molecule has 2 rings (SSSR count). The Morgan fingerprint density at radius 1 is 1.12 bits per heavy atom. The van der Waals surface area contributed by atoms with Crippen LogP contribution in [0.5, 0.6) is 5.75 Å². The number of ether oxygens (including phenoxy) is 2. The van der Waals surface area contributed by atoms with Crippen molar-refractivity contribution in [2.45, 2.75) is 90.3 Å². The van der Waals surface area contributed by atoms with Gasteiger partial charge in [0.15, 0.2) is 0 Å². The molecule has 0 heterocycles. The first-order chi connectivity index (χ1) is 15.3. The van der Waals surface area contributed by atoms with Gasteiger partial charge in [-0.05, 0) is 82.4 Å². The van der Waals surface area contributed by atoms with Crippen LogP contribution in [0.25, 0.3) is 0 Å². The number of hydrogen-bond acceptors (Lipinski definition) is 3.